The lowest BCUT2D eigenvalue weighted by atomic mass is 10.3. The molecular weight excluding hydrogens is 334 g/mol. The van der Waals surface area contributed by atoms with Crippen LogP contribution in [0.3, 0.4) is 0 Å². The number of amides is 1. The van der Waals surface area contributed by atoms with E-state index in [2.05, 4.69) is 43.0 Å². The Morgan fingerprint density at radius 3 is 2.84 bits per heavy atom. The summed E-state index contributed by atoms with van der Waals surface area (Å²) >= 11 is 1.76. The van der Waals surface area contributed by atoms with Crippen LogP contribution >= 0.6 is 11.3 Å². The largest absolute Gasteiger partial charge is 0.356 e. The molecule has 0 radical (unpaired) electrons. The van der Waals surface area contributed by atoms with Gasteiger partial charge in [-0.2, -0.15) is 0 Å². The van der Waals surface area contributed by atoms with Crippen molar-refractivity contribution >= 4 is 29.0 Å². The van der Waals surface area contributed by atoms with Crippen LogP contribution < -0.4 is 10.6 Å². The van der Waals surface area contributed by atoms with Crippen molar-refractivity contribution in [3.05, 3.63) is 46.3 Å². The predicted octanol–water partition coefficient (Wildman–Crippen LogP) is 2.53. The summed E-state index contributed by atoms with van der Waals surface area (Å²) in [5.41, 5.74) is 1.06. The first-order chi connectivity index (χ1) is 12.1. The van der Waals surface area contributed by atoms with Gasteiger partial charge in [0.05, 0.1) is 0 Å². The van der Waals surface area contributed by atoms with Gasteiger partial charge in [0.15, 0.2) is 5.96 Å². The van der Waals surface area contributed by atoms with Gasteiger partial charge in [0.2, 0.25) is 5.91 Å². The van der Waals surface area contributed by atoms with Crippen LogP contribution in [0.5, 0.6) is 0 Å². The Kier molecular flexibility index (Phi) is 7.40. The summed E-state index contributed by atoms with van der Waals surface area (Å²) in [7, 11) is 3.75. The molecule has 2 aromatic rings. The monoisotopic (exact) mass is 359 g/mol. The topological polar surface area (TPSA) is 69.6 Å². The summed E-state index contributed by atoms with van der Waals surface area (Å²) in [5.74, 6) is 1.30. The Labute approximate surface area is 153 Å². The Morgan fingerprint density at radius 1 is 1.36 bits per heavy atom. The third-order valence-corrected chi connectivity index (χ3v) is 4.60. The average Bonchev–Trinajstić information content (AvgIpc) is 3.12. The number of nitrogens with zero attached hydrogens (tertiary/aromatic N) is 3. The number of nitrogens with one attached hydrogen (secondary N) is 2. The summed E-state index contributed by atoms with van der Waals surface area (Å²) in [4.78, 5) is 23.8. The van der Waals surface area contributed by atoms with Gasteiger partial charge in [-0.25, -0.2) is 4.98 Å². The Morgan fingerprint density at radius 2 is 2.20 bits per heavy atom. The molecule has 0 saturated carbocycles. The van der Waals surface area contributed by atoms with Crippen molar-refractivity contribution in [1.29, 1.82) is 0 Å². The number of likely N-dealkylation sites (N-methyl/N-ethyl adjacent to an activating group) is 1. The summed E-state index contributed by atoms with van der Waals surface area (Å²) in [6.07, 6.45) is 3.07. The molecule has 0 aliphatic rings. The minimum absolute atomic E-state index is 0.0689. The first kappa shape index (κ1) is 18.9. The van der Waals surface area contributed by atoms with Crippen molar-refractivity contribution in [3.8, 4) is 0 Å². The number of anilines is 1. The second kappa shape index (κ2) is 9.78. The van der Waals surface area contributed by atoms with Gasteiger partial charge in [0, 0.05) is 44.7 Å². The molecule has 7 heteroatoms. The van der Waals surface area contributed by atoms with Crippen molar-refractivity contribution < 1.29 is 4.79 Å². The van der Waals surface area contributed by atoms with Gasteiger partial charge in [-0.05, 0) is 36.4 Å². The molecule has 6 nitrogen and oxygen atoms in total. The van der Waals surface area contributed by atoms with Crippen molar-refractivity contribution in [1.82, 2.24) is 15.2 Å². The fourth-order valence-corrected chi connectivity index (χ4v) is 2.96. The number of aryl methyl sites for hydroxylation is 1. The highest BCUT2D eigenvalue weighted by molar-refractivity contribution is 7.09. The number of rotatable bonds is 7. The third kappa shape index (κ3) is 6.54. The van der Waals surface area contributed by atoms with E-state index in [4.69, 9.17) is 0 Å². The zero-order valence-electron chi connectivity index (χ0n) is 15.0. The molecule has 0 aliphatic carbocycles. The summed E-state index contributed by atoms with van der Waals surface area (Å²) in [5, 5.41) is 8.10. The van der Waals surface area contributed by atoms with Gasteiger partial charge in [-0.15, -0.1) is 11.3 Å². The number of carbonyl (C=O) groups excluding carboxylic acids is 1. The summed E-state index contributed by atoms with van der Waals surface area (Å²) < 4.78 is 0. The maximum atomic E-state index is 12.0. The van der Waals surface area contributed by atoms with Crippen LogP contribution in [-0.2, 0) is 11.2 Å². The van der Waals surface area contributed by atoms with Crippen LogP contribution in [0.25, 0.3) is 0 Å². The second-order valence-electron chi connectivity index (χ2n) is 5.74. The highest BCUT2D eigenvalue weighted by atomic mass is 32.1. The number of hydrogen-bond acceptors (Lipinski definition) is 4. The van der Waals surface area contributed by atoms with Crippen LogP contribution in [0.4, 0.5) is 5.82 Å². The van der Waals surface area contributed by atoms with E-state index in [0.717, 1.165) is 24.5 Å². The quantitative estimate of drug-likeness (QED) is 0.589. The fourth-order valence-electron chi connectivity index (χ4n) is 2.26. The lowest BCUT2D eigenvalue weighted by Gasteiger charge is -2.21. The second-order valence-corrected chi connectivity index (χ2v) is 6.78. The molecular formula is C18H25N5OS. The van der Waals surface area contributed by atoms with E-state index in [-0.39, 0.29) is 5.91 Å². The number of aliphatic imine (C=N–C) groups is 1. The molecule has 1 amide bonds. The van der Waals surface area contributed by atoms with Gasteiger partial charge >= 0.3 is 0 Å². The number of pyridine rings is 1. The molecule has 134 valence electrons. The molecule has 0 spiro atoms. The number of carbonyl (C=O) groups is 1. The summed E-state index contributed by atoms with van der Waals surface area (Å²) in [6, 6.07) is 7.93. The SMILES string of the molecule is CN=C(NCCC(=O)Nc1ccc(C)cn1)N(C)CCc1cccs1. The smallest absolute Gasteiger partial charge is 0.227 e. The van der Waals surface area contributed by atoms with Gasteiger partial charge < -0.3 is 15.5 Å². The predicted molar refractivity (Wildman–Crippen MR) is 104 cm³/mol. The van der Waals surface area contributed by atoms with Crippen LogP contribution in [0.15, 0.2) is 40.8 Å². The van der Waals surface area contributed by atoms with Gasteiger partial charge in [0.25, 0.3) is 0 Å². The van der Waals surface area contributed by atoms with Crippen LogP contribution in [-0.4, -0.2) is 48.9 Å². The molecule has 0 aliphatic heterocycles. The van der Waals surface area contributed by atoms with E-state index in [0.29, 0.717) is 18.8 Å². The Balaban J connectivity index is 1.70. The molecule has 0 saturated heterocycles. The number of guanidine groups is 1. The normalized spacial score (nSPS) is 11.2. The van der Waals surface area contributed by atoms with E-state index in [1.807, 2.05) is 20.0 Å². The molecule has 0 aromatic carbocycles. The van der Waals surface area contributed by atoms with Crippen molar-refractivity contribution in [2.24, 2.45) is 4.99 Å². The highest BCUT2D eigenvalue weighted by Gasteiger charge is 2.08. The van der Waals surface area contributed by atoms with E-state index in [1.165, 1.54) is 4.88 Å². The maximum Gasteiger partial charge on any atom is 0.227 e. The molecule has 0 unspecified atom stereocenters. The average molecular weight is 359 g/mol. The molecule has 2 aromatic heterocycles. The highest BCUT2D eigenvalue weighted by Crippen LogP contribution is 2.09. The first-order valence-electron chi connectivity index (χ1n) is 8.25. The molecule has 25 heavy (non-hydrogen) atoms. The standard InChI is InChI=1S/C18H25N5OS/c1-14-6-7-16(21-13-14)22-17(24)8-10-20-18(19-2)23(3)11-9-15-5-4-12-25-15/h4-7,12-13H,8-11H2,1-3H3,(H,19,20)(H,21,22,24). The minimum Gasteiger partial charge on any atom is -0.356 e. The molecule has 0 bridgehead atoms. The minimum atomic E-state index is -0.0689. The van der Waals surface area contributed by atoms with E-state index < -0.39 is 0 Å². The number of hydrogen-bond donors (Lipinski definition) is 2. The Hall–Kier alpha value is -2.41. The van der Waals surface area contributed by atoms with Gasteiger partial charge in [0.1, 0.15) is 5.82 Å². The van der Waals surface area contributed by atoms with Crippen LogP contribution in [0.1, 0.15) is 16.9 Å². The lowest BCUT2D eigenvalue weighted by molar-refractivity contribution is -0.116. The number of thiophene rings is 1. The first-order valence-corrected chi connectivity index (χ1v) is 9.13. The van der Waals surface area contributed by atoms with Crippen LogP contribution in [0.2, 0.25) is 0 Å². The number of aromatic nitrogens is 1. The molecule has 2 heterocycles. The molecule has 2 N–H and O–H groups in total. The van der Waals surface area contributed by atoms with Crippen molar-refractivity contribution in [2.75, 3.05) is 32.5 Å². The fraction of sp³-hybridized carbons (Fsp3) is 0.389. The van der Waals surface area contributed by atoms with Crippen LogP contribution in [0, 0.1) is 6.92 Å². The van der Waals surface area contributed by atoms with E-state index >= 15 is 0 Å². The summed E-state index contributed by atoms with van der Waals surface area (Å²) in [6.45, 7) is 3.36. The zero-order valence-corrected chi connectivity index (χ0v) is 15.8. The maximum absolute atomic E-state index is 12.0. The Bertz CT molecular complexity index is 682. The van der Waals surface area contributed by atoms with Crippen molar-refractivity contribution in [2.45, 2.75) is 19.8 Å². The van der Waals surface area contributed by atoms with E-state index in [9.17, 15) is 4.79 Å². The van der Waals surface area contributed by atoms with Gasteiger partial charge in [-0.3, -0.25) is 9.79 Å². The third-order valence-electron chi connectivity index (χ3n) is 3.66. The molecule has 2 rings (SSSR count). The van der Waals surface area contributed by atoms with Gasteiger partial charge in [-0.1, -0.05) is 12.1 Å². The van der Waals surface area contributed by atoms with E-state index in [1.54, 1.807) is 30.6 Å². The zero-order chi connectivity index (χ0) is 18.1. The lowest BCUT2D eigenvalue weighted by Crippen LogP contribution is -2.41. The molecule has 0 atom stereocenters. The molecule has 0 fully saturated rings. The van der Waals surface area contributed by atoms with Crippen molar-refractivity contribution in [3.63, 3.8) is 0 Å².